The molecule has 0 spiro atoms. The molecule has 2 rings (SSSR count). The first-order valence-electron chi connectivity index (χ1n) is 5.33. The lowest BCUT2D eigenvalue weighted by molar-refractivity contribution is 0.469. The molecule has 0 aliphatic rings. The molecule has 0 bridgehead atoms. The van der Waals surface area contributed by atoms with Crippen molar-refractivity contribution in [2.45, 2.75) is 6.54 Å². The first-order valence-corrected chi connectivity index (χ1v) is 6.50. The van der Waals surface area contributed by atoms with E-state index >= 15 is 0 Å². The fourth-order valence-corrected chi connectivity index (χ4v) is 2.08. The summed E-state index contributed by atoms with van der Waals surface area (Å²) >= 11 is 8.79. The maximum Gasteiger partial charge on any atom is 0.149 e. The van der Waals surface area contributed by atoms with Gasteiger partial charge in [-0.1, -0.05) is 11.6 Å². The average Bonchev–Trinajstić information content (AvgIpc) is 2.36. The summed E-state index contributed by atoms with van der Waals surface area (Å²) in [4.78, 5) is 0. The van der Waals surface area contributed by atoms with Crippen molar-refractivity contribution in [3.8, 4) is 5.75 Å². The number of hydrogen-bond acceptors (Lipinski definition) is 2. The van der Waals surface area contributed by atoms with E-state index in [9.17, 15) is 13.9 Å². The van der Waals surface area contributed by atoms with Crippen molar-refractivity contribution in [3.05, 3.63) is 57.0 Å². The van der Waals surface area contributed by atoms with Gasteiger partial charge in [-0.25, -0.2) is 8.78 Å². The predicted molar refractivity (Wildman–Crippen MR) is 74.5 cm³/mol. The van der Waals surface area contributed by atoms with Crippen LogP contribution < -0.4 is 5.32 Å². The maximum atomic E-state index is 13.5. The van der Waals surface area contributed by atoms with Crippen LogP contribution in [0.3, 0.4) is 0 Å². The molecule has 0 atom stereocenters. The lowest BCUT2D eigenvalue weighted by atomic mass is 10.2. The van der Waals surface area contributed by atoms with Crippen molar-refractivity contribution in [2.75, 3.05) is 5.32 Å². The number of rotatable bonds is 3. The number of phenols is 1. The summed E-state index contributed by atoms with van der Waals surface area (Å²) in [6.45, 7) is 0.168. The summed E-state index contributed by atoms with van der Waals surface area (Å²) in [6, 6.07) is 6.66. The second-order valence-corrected chi connectivity index (χ2v) is 5.16. The van der Waals surface area contributed by atoms with Gasteiger partial charge in [0.25, 0.3) is 0 Å². The molecular weight excluding hydrogens is 340 g/mol. The van der Waals surface area contributed by atoms with Crippen molar-refractivity contribution in [1.29, 1.82) is 0 Å². The third-order valence-electron chi connectivity index (χ3n) is 2.52. The highest BCUT2D eigenvalue weighted by atomic mass is 79.9. The Hall–Kier alpha value is -1.33. The van der Waals surface area contributed by atoms with E-state index in [2.05, 4.69) is 21.2 Å². The summed E-state index contributed by atoms with van der Waals surface area (Å²) in [5, 5.41) is 12.9. The Balaban J connectivity index is 2.19. The molecule has 0 saturated heterocycles. The number of anilines is 1. The minimum Gasteiger partial charge on any atom is -0.508 e. The number of benzene rings is 2. The van der Waals surface area contributed by atoms with Gasteiger partial charge in [0.05, 0.1) is 10.2 Å². The van der Waals surface area contributed by atoms with Crippen LogP contribution in [0.4, 0.5) is 14.5 Å². The van der Waals surface area contributed by atoms with Gasteiger partial charge < -0.3 is 10.4 Å². The smallest absolute Gasteiger partial charge is 0.149 e. The first-order chi connectivity index (χ1) is 8.97. The third kappa shape index (κ3) is 3.36. The predicted octanol–water partition coefficient (Wildman–Crippen LogP) is 4.70. The SMILES string of the molecule is Oc1ccc(Cl)cc1CNc1cc(Br)c(F)cc1F. The number of nitrogens with one attached hydrogen (secondary N) is 1. The first kappa shape index (κ1) is 14.1. The van der Waals surface area contributed by atoms with Crippen LogP contribution >= 0.6 is 27.5 Å². The Bertz CT molecular complexity index is 622. The zero-order chi connectivity index (χ0) is 14.0. The summed E-state index contributed by atoms with van der Waals surface area (Å²) in [5.41, 5.74) is 0.653. The van der Waals surface area contributed by atoms with Crippen molar-refractivity contribution in [1.82, 2.24) is 0 Å². The van der Waals surface area contributed by atoms with Crippen LogP contribution in [-0.2, 0) is 6.54 Å². The minimum absolute atomic E-state index is 0.0542. The summed E-state index contributed by atoms with van der Waals surface area (Å²) in [7, 11) is 0. The number of halogens is 4. The van der Waals surface area contributed by atoms with Crippen LogP contribution in [0.25, 0.3) is 0 Å². The van der Waals surface area contributed by atoms with E-state index in [1.165, 1.54) is 12.1 Å². The van der Waals surface area contributed by atoms with Crippen molar-refractivity contribution >= 4 is 33.2 Å². The summed E-state index contributed by atoms with van der Waals surface area (Å²) in [5.74, 6) is -1.32. The fraction of sp³-hybridized carbons (Fsp3) is 0.0769. The molecular formula is C13H9BrClF2NO. The van der Waals surface area contributed by atoms with Crippen LogP contribution in [0.2, 0.25) is 5.02 Å². The molecule has 6 heteroatoms. The van der Waals surface area contributed by atoms with Gasteiger partial charge in [-0.2, -0.15) is 0 Å². The highest BCUT2D eigenvalue weighted by Crippen LogP contribution is 2.26. The van der Waals surface area contributed by atoms with Gasteiger partial charge in [-0.15, -0.1) is 0 Å². The zero-order valence-electron chi connectivity index (χ0n) is 9.55. The monoisotopic (exact) mass is 347 g/mol. The fourth-order valence-electron chi connectivity index (χ4n) is 1.54. The van der Waals surface area contributed by atoms with Gasteiger partial charge in [0.2, 0.25) is 0 Å². The molecule has 0 amide bonds. The molecule has 0 heterocycles. The van der Waals surface area contributed by atoms with Gasteiger partial charge >= 0.3 is 0 Å². The second kappa shape index (κ2) is 5.75. The largest absolute Gasteiger partial charge is 0.508 e. The van der Waals surface area contributed by atoms with Crippen LogP contribution in [0, 0.1) is 11.6 Å². The second-order valence-electron chi connectivity index (χ2n) is 3.87. The molecule has 0 aromatic heterocycles. The highest BCUT2D eigenvalue weighted by molar-refractivity contribution is 9.10. The quantitative estimate of drug-likeness (QED) is 0.788. The van der Waals surface area contributed by atoms with Crippen molar-refractivity contribution < 1.29 is 13.9 Å². The van der Waals surface area contributed by atoms with E-state index < -0.39 is 11.6 Å². The van der Waals surface area contributed by atoms with E-state index in [1.54, 1.807) is 12.1 Å². The zero-order valence-corrected chi connectivity index (χ0v) is 11.9. The average molecular weight is 349 g/mol. The van der Waals surface area contributed by atoms with E-state index in [4.69, 9.17) is 11.6 Å². The van der Waals surface area contributed by atoms with Crippen LogP contribution in [0.1, 0.15) is 5.56 Å². The molecule has 2 aromatic carbocycles. The Labute approximate surface area is 122 Å². The van der Waals surface area contributed by atoms with E-state index in [1.807, 2.05) is 0 Å². The summed E-state index contributed by atoms with van der Waals surface area (Å²) < 4.78 is 26.7. The highest BCUT2D eigenvalue weighted by Gasteiger charge is 2.09. The number of phenolic OH excluding ortho intramolecular Hbond substituents is 1. The van der Waals surface area contributed by atoms with Gasteiger partial charge in [0, 0.05) is 23.2 Å². The van der Waals surface area contributed by atoms with Crippen LogP contribution in [-0.4, -0.2) is 5.11 Å². The Morgan fingerprint density at radius 3 is 2.63 bits per heavy atom. The minimum atomic E-state index is -0.706. The normalized spacial score (nSPS) is 10.5. The van der Waals surface area contributed by atoms with E-state index in [-0.39, 0.29) is 22.5 Å². The van der Waals surface area contributed by atoms with Crippen molar-refractivity contribution in [2.24, 2.45) is 0 Å². The molecule has 0 aliphatic heterocycles. The Morgan fingerprint density at radius 1 is 1.16 bits per heavy atom. The van der Waals surface area contributed by atoms with E-state index in [0.29, 0.717) is 10.6 Å². The van der Waals surface area contributed by atoms with Gasteiger partial charge in [-0.3, -0.25) is 0 Å². The number of aromatic hydroxyl groups is 1. The Kier molecular flexibility index (Phi) is 4.27. The third-order valence-corrected chi connectivity index (χ3v) is 3.36. The number of hydrogen-bond donors (Lipinski definition) is 2. The molecule has 0 fully saturated rings. The molecule has 0 unspecified atom stereocenters. The van der Waals surface area contributed by atoms with Crippen LogP contribution in [0.15, 0.2) is 34.8 Å². The molecule has 0 aliphatic carbocycles. The van der Waals surface area contributed by atoms with Crippen LogP contribution in [0.5, 0.6) is 5.75 Å². The molecule has 0 saturated carbocycles. The lowest BCUT2D eigenvalue weighted by Crippen LogP contribution is -2.02. The van der Waals surface area contributed by atoms with Gasteiger partial charge in [-0.05, 0) is 40.2 Å². The lowest BCUT2D eigenvalue weighted by Gasteiger charge is -2.10. The van der Waals surface area contributed by atoms with E-state index in [0.717, 1.165) is 6.07 Å². The van der Waals surface area contributed by atoms with Gasteiger partial charge in [0.1, 0.15) is 17.4 Å². The molecule has 19 heavy (non-hydrogen) atoms. The standard InChI is InChI=1S/C13H9BrClF2NO/c14-9-4-12(11(17)5-10(9)16)18-6-7-3-8(15)1-2-13(7)19/h1-5,18-19H,6H2. The Morgan fingerprint density at radius 2 is 1.89 bits per heavy atom. The molecule has 100 valence electrons. The molecule has 0 radical (unpaired) electrons. The van der Waals surface area contributed by atoms with Gasteiger partial charge in [0.15, 0.2) is 0 Å². The van der Waals surface area contributed by atoms with Crippen molar-refractivity contribution in [3.63, 3.8) is 0 Å². The topological polar surface area (TPSA) is 32.3 Å². The molecule has 2 N–H and O–H groups in total. The molecule has 2 aromatic rings. The maximum absolute atomic E-state index is 13.5. The summed E-state index contributed by atoms with van der Waals surface area (Å²) in [6.07, 6.45) is 0. The molecule has 2 nitrogen and oxygen atoms in total.